The zero-order valence-electron chi connectivity index (χ0n) is 7.17. The molecule has 1 amide bonds. The van der Waals surface area contributed by atoms with E-state index >= 15 is 0 Å². The minimum atomic E-state index is -0.343. The quantitative estimate of drug-likeness (QED) is 0.789. The summed E-state index contributed by atoms with van der Waals surface area (Å²) in [5.41, 5.74) is 0.684. The largest absolute Gasteiger partial charge is 0.447 e. The van der Waals surface area contributed by atoms with Crippen LogP contribution < -0.4 is 4.90 Å². The molecule has 1 aromatic rings. The maximum Gasteiger partial charge on any atom is 0.414 e. The van der Waals surface area contributed by atoms with E-state index in [-0.39, 0.29) is 6.09 Å². The number of carbonyl (C=O) groups is 1. The number of rotatable bonds is 1. The Hall–Kier alpha value is -0.740. The molecule has 1 aromatic carbocycles. The lowest BCUT2D eigenvalue weighted by atomic mass is 10.3. The summed E-state index contributed by atoms with van der Waals surface area (Å²) in [5, 5.41) is 0.548. The van der Waals surface area contributed by atoms with Gasteiger partial charge >= 0.3 is 6.09 Å². The van der Waals surface area contributed by atoms with Gasteiger partial charge in [-0.05, 0) is 18.2 Å². The van der Waals surface area contributed by atoms with E-state index in [9.17, 15) is 4.79 Å². The van der Waals surface area contributed by atoms with Crippen molar-refractivity contribution in [3.63, 3.8) is 0 Å². The summed E-state index contributed by atoms with van der Waals surface area (Å²) in [7, 11) is 0. The van der Waals surface area contributed by atoms with Crippen molar-refractivity contribution >= 4 is 39.3 Å². The average molecular weight is 277 g/mol. The Balaban J connectivity index is 2.39. The average Bonchev–Trinajstić information content (AvgIpc) is 2.56. The Labute approximate surface area is 94.7 Å². The molecule has 14 heavy (non-hydrogen) atoms. The lowest BCUT2D eigenvalue weighted by Crippen LogP contribution is -2.23. The number of ether oxygens (including phenoxy) is 1. The van der Waals surface area contributed by atoms with Gasteiger partial charge in [0.1, 0.15) is 6.61 Å². The topological polar surface area (TPSA) is 29.5 Å². The van der Waals surface area contributed by atoms with Crippen LogP contribution in [0.2, 0.25) is 5.02 Å². The molecule has 0 spiro atoms. The summed E-state index contributed by atoms with van der Waals surface area (Å²) in [6.45, 7) is 0.969. The second-order valence-corrected chi connectivity index (χ2v) is 4.18. The molecule has 2 rings (SSSR count). The molecule has 5 heteroatoms. The van der Waals surface area contributed by atoms with Crippen LogP contribution in [0.15, 0.2) is 22.7 Å². The number of hydrogen-bond donors (Lipinski definition) is 0. The molecule has 3 nitrogen and oxygen atoms in total. The summed E-state index contributed by atoms with van der Waals surface area (Å²) < 4.78 is 5.71. The van der Waals surface area contributed by atoms with Gasteiger partial charge in [0.05, 0.1) is 17.3 Å². The van der Waals surface area contributed by atoms with Gasteiger partial charge in [-0.3, -0.25) is 4.90 Å². The Morgan fingerprint density at radius 2 is 2.29 bits per heavy atom. The van der Waals surface area contributed by atoms with Crippen LogP contribution in [-0.4, -0.2) is 19.2 Å². The van der Waals surface area contributed by atoms with Crippen LogP contribution in [0.25, 0.3) is 0 Å². The molecule has 0 aliphatic carbocycles. The number of cyclic esters (lactones) is 1. The fourth-order valence-electron chi connectivity index (χ4n) is 1.30. The molecule has 0 bridgehead atoms. The Morgan fingerprint density at radius 3 is 2.93 bits per heavy atom. The maximum atomic E-state index is 11.3. The molecule has 0 unspecified atom stereocenters. The predicted molar refractivity (Wildman–Crippen MR) is 57.8 cm³/mol. The van der Waals surface area contributed by atoms with E-state index in [0.717, 1.165) is 4.47 Å². The van der Waals surface area contributed by atoms with Gasteiger partial charge in [0.15, 0.2) is 0 Å². The first kappa shape index (κ1) is 9.80. The number of benzene rings is 1. The number of hydrogen-bond acceptors (Lipinski definition) is 2. The molecule has 1 saturated heterocycles. The van der Waals surface area contributed by atoms with E-state index in [0.29, 0.717) is 23.9 Å². The van der Waals surface area contributed by atoms with E-state index in [1.165, 1.54) is 4.90 Å². The fraction of sp³-hybridized carbons (Fsp3) is 0.222. The first-order valence-corrected chi connectivity index (χ1v) is 5.25. The highest BCUT2D eigenvalue weighted by molar-refractivity contribution is 9.10. The van der Waals surface area contributed by atoms with Gasteiger partial charge in [-0.1, -0.05) is 27.5 Å². The SMILES string of the molecule is O=C1OCCN1c1cc(Br)ccc1Cl. The Bertz CT molecular complexity index is 383. The number of nitrogens with zero attached hydrogens (tertiary/aromatic N) is 1. The molecule has 1 heterocycles. The minimum absolute atomic E-state index is 0.343. The molecule has 74 valence electrons. The van der Waals surface area contributed by atoms with Gasteiger partial charge in [0, 0.05) is 4.47 Å². The number of anilines is 1. The second-order valence-electron chi connectivity index (χ2n) is 2.86. The van der Waals surface area contributed by atoms with Crippen LogP contribution >= 0.6 is 27.5 Å². The van der Waals surface area contributed by atoms with Crippen LogP contribution in [0, 0.1) is 0 Å². The van der Waals surface area contributed by atoms with Gasteiger partial charge < -0.3 is 4.74 Å². The summed E-state index contributed by atoms with van der Waals surface area (Å²) in [5.74, 6) is 0. The van der Waals surface area contributed by atoms with Crippen molar-refractivity contribution in [3.8, 4) is 0 Å². The number of halogens is 2. The van der Waals surface area contributed by atoms with Crippen molar-refractivity contribution in [1.82, 2.24) is 0 Å². The first-order chi connectivity index (χ1) is 6.68. The monoisotopic (exact) mass is 275 g/mol. The van der Waals surface area contributed by atoms with Crippen molar-refractivity contribution in [3.05, 3.63) is 27.7 Å². The van der Waals surface area contributed by atoms with E-state index in [2.05, 4.69) is 15.9 Å². The third-order valence-corrected chi connectivity index (χ3v) is 2.77. The van der Waals surface area contributed by atoms with Crippen molar-refractivity contribution in [2.75, 3.05) is 18.1 Å². The van der Waals surface area contributed by atoms with Crippen LogP contribution in [-0.2, 0) is 4.74 Å². The van der Waals surface area contributed by atoms with Crippen molar-refractivity contribution in [2.45, 2.75) is 0 Å². The van der Waals surface area contributed by atoms with Crippen LogP contribution in [0.1, 0.15) is 0 Å². The highest BCUT2D eigenvalue weighted by Crippen LogP contribution is 2.30. The smallest absolute Gasteiger partial charge is 0.414 e. The van der Waals surface area contributed by atoms with E-state index in [4.69, 9.17) is 16.3 Å². The third kappa shape index (κ3) is 1.72. The molecular weight excluding hydrogens is 269 g/mol. The first-order valence-electron chi connectivity index (χ1n) is 4.08. The molecule has 0 N–H and O–H groups in total. The molecule has 0 radical (unpaired) electrons. The van der Waals surface area contributed by atoms with E-state index < -0.39 is 0 Å². The fourth-order valence-corrected chi connectivity index (χ4v) is 1.87. The van der Waals surface area contributed by atoms with Gasteiger partial charge in [-0.25, -0.2) is 4.79 Å². The van der Waals surface area contributed by atoms with Gasteiger partial charge in [-0.2, -0.15) is 0 Å². The number of carbonyl (C=O) groups excluding carboxylic acids is 1. The molecule has 1 aliphatic heterocycles. The number of amides is 1. The van der Waals surface area contributed by atoms with Crippen molar-refractivity contribution in [2.24, 2.45) is 0 Å². The van der Waals surface area contributed by atoms with Gasteiger partial charge in [0.25, 0.3) is 0 Å². The molecular formula is C9H7BrClNO2. The Morgan fingerprint density at radius 1 is 1.50 bits per heavy atom. The molecule has 0 atom stereocenters. The van der Waals surface area contributed by atoms with Gasteiger partial charge in [0.2, 0.25) is 0 Å². The zero-order valence-corrected chi connectivity index (χ0v) is 9.51. The van der Waals surface area contributed by atoms with Crippen molar-refractivity contribution in [1.29, 1.82) is 0 Å². The summed E-state index contributed by atoms with van der Waals surface area (Å²) in [4.78, 5) is 12.8. The normalized spacial score (nSPS) is 15.9. The third-order valence-electron chi connectivity index (χ3n) is 1.96. The lowest BCUT2D eigenvalue weighted by Gasteiger charge is -2.14. The van der Waals surface area contributed by atoms with E-state index in [1.807, 2.05) is 6.07 Å². The zero-order chi connectivity index (χ0) is 10.1. The van der Waals surface area contributed by atoms with Crippen LogP contribution in [0.4, 0.5) is 10.5 Å². The standard InChI is InChI=1S/C9H7BrClNO2/c10-6-1-2-7(11)8(5-6)12-3-4-14-9(12)13/h1-2,5H,3-4H2. The van der Waals surface area contributed by atoms with Crippen molar-refractivity contribution < 1.29 is 9.53 Å². The summed E-state index contributed by atoms with van der Waals surface area (Å²) in [6.07, 6.45) is -0.343. The van der Waals surface area contributed by atoms with Crippen LogP contribution in [0.5, 0.6) is 0 Å². The molecule has 0 saturated carbocycles. The minimum Gasteiger partial charge on any atom is -0.447 e. The highest BCUT2D eigenvalue weighted by atomic mass is 79.9. The van der Waals surface area contributed by atoms with E-state index in [1.54, 1.807) is 12.1 Å². The predicted octanol–water partition coefficient (Wildman–Crippen LogP) is 3.06. The molecule has 1 fully saturated rings. The summed E-state index contributed by atoms with van der Waals surface area (Å²) in [6, 6.07) is 5.37. The maximum absolute atomic E-state index is 11.3. The lowest BCUT2D eigenvalue weighted by molar-refractivity contribution is 0.181. The Kier molecular flexibility index (Phi) is 2.65. The molecule has 0 aromatic heterocycles. The van der Waals surface area contributed by atoms with Crippen LogP contribution in [0.3, 0.4) is 0 Å². The van der Waals surface area contributed by atoms with Gasteiger partial charge in [-0.15, -0.1) is 0 Å². The second kappa shape index (κ2) is 3.79. The highest BCUT2D eigenvalue weighted by Gasteiger charge is 2.25. The summed E-state index contributed by atoms with van der Waals surface area (Å²) >= 11 is 9.30. The molecule has 1 aliphatic rings.